The molecule has 0 bridgehead atoms. The molecule has 0 aliphatic carbocycles. The highest BCUT2D eigenvalue weighted by atomic mass is 16.7. The Hall–Kier alpha value is -5.47. The van der Waals surface area contributed by atoms with E-state index in [-0.39, 0.29) is 39.2 Å². The summed E-state index contributed by atoms with van der Waals surface area (Å²) in [5, 5.41) is 2.70. The average Bonchev–Trinajstić information content (AvgIpc) is 3.72. The molecule has 0 saturated carbocycles. The lowest BCUT2D eigenvalue weighted by Crippen LogP contribution is -2.47. The minimum absolute atomic E-state index is 0.00638. The molecule has 2 heterocycles. The van der Waals surface area contributed by atoms with Gasteiger partial charge in [0.1, 0.15) is 23.6 Å². The molecule has 4 rings (SSSR count). The number of carbonyl (C=O) groups is 4. The molecule has 1 N–H and O–H groups in total. The third-order valence-corrected chi connectivity index (χ3v) is 7.94. The first-order valence-electron chi connectivity index (χ1n) is 17.5. The van der Waals surface area contributed by atoms with E-state index < -0.39 is 53.9 Å². The molecule has 1 aromatic heterocycles. The number of nitrogens with one attached hydrogen (secondary N) is 1. The van der Waals surface area contributed by atoms with Gasteiger partial charge >= 0.3 is 24.4 Å². The summed E-state index contributed by atoms with van der Waals surface area (Å²) in [4.78, 5) is 60.0. The molecular weight excluding hydrogens is 686 g/mol. The van der Waals surface area contributed by atoms with Crippen LogP contribution in [0.25, 0.3) is 0 Å². The van der Waals surface area contributed by atoms with Crippen LogP contribution in [0, 0.1) is 0 Å². The summed E-state index contributed by atoms with van der Waals surface area (Å²) in [7, 11) is 1.56. The van der Waals surface area contributed by atoms with Crippen molar-refractivity contribution in [3.05, 3.63) is 84.4 Å². The number of amides is 3. The summed E-state index contributed by atoms with van der Waals surface area (Å²) < 4.78 is 35.5. The maximum Gasteiger partial charge on any atom is 0.509 e. The Kier molecular flexibility index (Phi) is 13.9. The summed E-state index contributed by atoms with van der Waals surface area (Å²) in [6, 6.07) is 15.7. The van der Waals surface area contributed by atoms with Crippen LogP contribution < -0.4 is 10.1 Å². The minimum atomic E-state index is -1.12. The fraction of sp³-hybridized carbons (Fsp3) is 0.500. The minimum Gasteiger partial charge on any atom is -0.497 e. The number of ether oxygens (including phenoxy) is 6. The second-order valence-corrected chi connectivity index (χ2v) is 14.5. The van der Waals surface area contributed by atoms with Crippen molar-refractivity contribution in [1.29, 1.82) is 0 Å². The number of methoxy groups -OCH3 is 1. The van der Waals surface area contributed by atoms with Crippen LogP contribution in [0.3, 0.4) is 0 Å². The highest BCUT2D eigenvalue weighted by molar-refractivity contribution is 5.71. The zero-order chi connectivity index (χ0) is 38.6. The van der Waals surface area contributed by atoms with Gasteiger partial charge in [-0.15, -0.1) is 0 Å². The Labute approximate surface area is 310 Å². The second kappa shape index (κ2) is 18.3. The lowest BCUT2D eigenvalue weighted by atomic mass is 10.0. The molecule has 15 heteroatoms. The number of likely N-dealkylation sites (tertiary alicyclic amines) is 1. The van der Waals surface area contributed by atoms with Gasteiger partial charge in [0.25, 0.3) is 0 Å². The molecule has 0 radical (unpaired) electrons. The normalized spacial score (nSPS) is 17.0. The summed E-state index contributed by atoms with van der Waals surface area (Å²) in [6.07, 6.45) is 0.0402. The van der Waals surface area contributed by atoms with Crippen molar-refractivity contribution in [3.8, 4) is 5.75 Å². The van der Waals surface area contributed by atoms with Gasteiger partial charge in [-0.1, -0.05) is 42.5 Å². The Bertz CT molecular complexity index is 1620. The number of benzene rings is 2. The summed E-state index contributed by atoms with van der Waals surface area (Å²) >= 11 is 0. The van der Waals surface area contributed by atoms with Gasteiger partial charge in [0.2, 0.25) is 0 Å². The van der Waals surface area contributed by atoms with Crippen molar-refractivity contribution in [2.75, 3.05) is 33.3 Å². The summed E-state index contributed by atoms with van der Waals surface area (Å²) in [5.41, 5.74) is -0.0470. The molecule has 1 fully saturated rings. The van der Waals surface area contributed by atoms with Crippen LogP contribution in [0.2, 0.25) is 0 Å². The predicted molar refractivity (Wildman–Crippen MR) is 193 cm³/mol. The molecule has 3 amide bonds. The third kappa shape index (κ3) is 13.2. The number of hydrogen-bond donors (Lipinski definition) is 1. The van der Waals surface area contributed by atoms with Gasteiger partial charge < -0.3 is 43.2 Å². The fourth-order valence-electron chi connectivity index (χ4n) is 5.49. The van der Waals surface area contributed by atoms with Gasteiger partial charge in [-0.25, -0.2) is 24.2 Å². The number of alkyl carbamates (subject to hydrolysis) is 1. The maximum absolute atomic E-state index is 13.6. The maximum atomic E-state index is 13.6. The Morgan fingerprint density at radius 1 is 0.887 bits per heavy atom. The standard InChI is InChI=1S/C38H51N5O10/c1-37(2,3)52-35(46)43-24-31(50-36(47)53-38(4,5)6)32(30(43)23-27-13-15-29(48-7)16-14-27)51-33(44)40-18-20-42(22-21-41-19-17-39-26-41)34(45)49-25-28-11-9-8-10-12-28/h8-17,19,26,30-32H,18,20-25H2,1-7H3,(H,40,44)/t30-,31+,32+/m1/s1. The Balaban J connectivity index is 1.50. The van der Waals surface area contributed by atoms with Crippen molar-refractivity contribution in [2.45, 2.75) is 90.6 Å². The first-order valence-corrected chi connectivity index (χ1v) is 17.5. The number of aromatic nitrogens is 2. The monoisotopic (exact) mass is 737 g/mol. The smallest absolute Gasteiger partial charge is 0.497 e. The third-order valence-electron chi connectivity index (χ3n) is 7.94. The van der Waals surface area contributed by atoms with Crippen LogP contribution >= 0.6 is 0 Å². The lowest BCUT2D eigenvalue weighted by molar-refractivity contribution is -0.0518. The van der Waals surface area contributed by atoms with E-state index >= 15 is 0 Å². The van der Waals surface area contributed by atoms with Crippen molar-refractivity contribution in [1.82, 2.24) is 24.7 Å². The molecular formula is C38H51N5O10. The first-order chi connectivity index (χ1) is 25.1. The van der Waals surface area contributed by atoms with Crippen LogP contribution in [0.1, 0.15) is 52.7 Å². The van der Waals surface area contributed by atoms with E-state index in [1.807, 2.05) is 47.0 Å². The van der Waals surface area contributed by atoms with Crippen molar-refractivity contribution < 1.29 is 47.6 Å². The molecule has 1 aliphatic heterocycles. The van der Waals surface area contributed by atoms with Crippen LogP contribution in [0.15, 0.2) is 73.3 Å². The van der Waals surface area contributed by atoms with Crippen molar-refractivity contribution in [2.24, 2.45) is 0 Å². The molecule has 288 valence electrons. The van der Waals surface area contributed by atoms with E-state index in [0.717, 1.165) is 11.1 Å². The van der Waals surface area contributed by atoms with E-state index in [1.54, 1.807) is 79.5 Å². The van der Waals surface area contributed by atoms with Crippen LogP contribution in [0.4, 0.5) is 19.2 Å². The number of nitrogens with zero attached hydrogens (tertiary/aromatic N) is 4. The van der Waals surface area contributed by atoms with E-state index in [9.17, 15) is 19.2 Å². The van der Waals surface area contributed by atoms with Gasteiger partial charge in [-0.05, 0) is 71.2 Å². The topological polar surface area (TPSA) is 160 Å². The molecule has 1 saturated heterocycles. The Morgan fingerprint density at radius 3 is 2.21 bits per heavy atom. The molecule has 15 nitrogen and oxygen atoms in total. The number of rotatable bonds is 13. The van der Waals surface area contributed by atoms with E-state index in [1.165, 1.54) is 9.80 Å². The number of carbonyl (C=O) groups excluding carboxylic acids is 4. The molecule has 0 unspecified atom stereocenters. The van der Waals surface area contributed by atoms with Gasteiger partial charge in [0.15, 0.2) is 12.2 Å². The molecule has 53 heavy (non-hydrogen) atoms. The SMILES string of the molecule is COc1ccc(C[C@@H]2[C@H](OC(=O)NCCN(CCn3ccnc3)C(=O)OCc3ccccc3)[C@@H](OC(=O)OC(C)(C)C)CN2C(=O)OC(C)(C)C)cc1. The summed E-state index contributed by atoms with van der Waals surface area (Å²) in [6.45, 7) is 11.1. The van der Waals surface area contributed by atoms with Gasteiger partial charge in [-0.3, -0.25) is 4.90 Å². The number of imidazole rings is 1. The molecule has 3 aromatic rings. The predicted octanol–water partition coefficient (Wildman–Crippen LogP) is 5.81. The van der Waals surface area contributed by atoms with Crippen molar-refractivity contribution >= 4 is 24.4 Å². The quantitative estimate of drug-likeness (QED) is 0.167. The number of hydrogen-bond acceptors (Lipinski definition) is 11. The highest BCUT2D eigenvalue weighted by Crippen LogP contribution is 2.30. The average molecular weight is 738 g/mol. The van der Waals surface area contributed by atoms with Gasteiger partial charge in [0.05, 0.1) is 26.0 Å². The lowest BCUT2D eigenvalue weighted by Gasteiger charge is -2.30. The van der Waals surface area contributed by atoms with E-state index in [0.29, 0.717) is 12.3 Å². The zero-order valence-corrected chi connectivity index (χ0v) is 31.5. The molecule has 0 spiro atoms. The van der Waals surface area contributed by atoms with Crippen LogP contribution in [-0.4, -0.2) is 107 Å². The van der Waals surface area contributed by atoms with Gasteiger partial charge in [0, 0.05) is 38.6 Å². The van der Waals surface area contributed by atoms with E-state index in [2.05, 4.69) is 10.3 Å². The molecule has 3 atom stereocenters. The Morgan fingerprint density at radius 2 is 1.58 bits per heavy atom. The van der Waals surface area contributed by atoms with Crippen LogP contribution in [-0.2, 0) is 43.3 Å². The largest absolute Gasteiger partial charge is 0.509 e. The van der Waals surface area contributed by atoms with E-state index in [4.69, 9.17) is 28.4 Å². The molecule has 1 aliphatic rings. The zero-order valence-electron chi connectivity index (χ0n) is 31.5. The molecule has 2 aromatic carbocycles. The highest BCUT2D eigenvalue weighted by Gasteiger charge is 2.50. The van der Waals surface area contributed by atoms with Gasteiger partial charge in [-0.2, -0.15) is 0 Å². The van der Waals surface area contributed by atoms with Crippen LogP contribution in [0.5, 0.6) is 5.75 Å². The first kappa shape index (κ1) is 40.3. The second-order valence-electron chi connectivity index (χ2n) is 14.5. The summed E-state index contributed by atoms with van der Waals surface area (Å²) in [5.74, 6) is 0.644. The fourth-order valence-corrected chi connectivity index (χ4v) is 5.49. The van der Waals surface area contributed by atoms with Crippen molar-refractivity contribution in [3.63, 3.8) is 0 Å².